The zero-order chi connectivity index (χ0) is 18.8. The molecule has 0 radical (unpaired) electrons. The number of nitrogens with zero attached hydrogens (tertiary/aromatic N) is 2. The predicted octanol–water partition coefficient (Wildman–Crippen LogP) is 3.50. The Balaban J connectivity index is 2.12. The number of hydrogen-bond donors (Lipinski definition) is 1. The van der Waals surface area contributed by atoms with Gasteiger partial charge in [0.2, 0.25) is 0 Å². The molecule has 0 unspecified atom stereocenters. The van der Waals surface area contributed by atoms with Crippen LogP contribution in [0.15, 0.2) is 18.2 Å². The highest BCUT2D eigenvalue weighted by molar-refractivity contribution is 6.35. The van der Waals surface area contributed by atoms with E-state index in [0.717, 1.165) is 0 Å². The van der Waals surface area contributed by atoms with E-state index in [1.165, 1.54) is 4.90 Å². The van der Waals surface area contributed by atoms with E-state index in [-0.39, 0.29) is 6.54 Å². The van der Waals surface area contributed by atoms with Crippen LogP contribution >= 0.6 is 23.2 Å². The number of carboxylic acids is 1. The lowest BCUT2D eigenvalue weighted by Gasteiger charge is -2.39. The van der Waals surface area contributed by atoms with Gasteiger partial charge in [-0.1, -0.05) is 29.3 Å². The fourth-order valence-corrected chi connectivity index (χ4v) is 3.14. The fourth-order valence-electron chi connectivity index (χ4n) is 2.62. The van der Waals surface area contributed by atoms with Crippen LogP contribution in [0.3, 0.4) is 0 Å². The van der Waals surface area contributed by atoms with Gasteiger partial charge < -0.3 is 14.7 Å². The van der Waals surface area contributed by atoms with Crippen molar-refractivity contribution < 1.29 is 19.4 Å². The van der Waals surface area contributed by atoms with Gasteiger partial charge in [0.15, 0.2) is 0 Å². The van der Waals surface area contributed by atoms with Crippen LogP contribution in [0.1, 0.15) is 26.3 Å². The molecule has 1 N–H and O–H groups in total. The number of halogens is 2. The lowest BCUT2D eigenvalue weighted by Crippen LogP contribution is -2.57. The molecule has 25 heavy (non-hydrogen) atoms. The summed E-state index contributed by atoms with van der Waals surface area (Å²) in [7, 11) is 0. The van der Waals surface area contributed by atoms with E-state index < -0.39 is 23.7 Å². The molecule has 0 saturated carbocycles. The average Bonchev–Trinajstić information content (AvgIpc) is 2.49. The summed E-state index contributed by atoms with van der Waals surface area (Å²) in [6.45, 7) is 6.43. The Morgan fingerprint density at radius 2 is 1.84 bits per heavy atom. The molecule has 1 aliphatic heterocycles. The van der Waals surface area contributed by atoms with E-state index in [0.29, 0.717) is 35.2 Å². The summed E-state index contributed by atoms with van der Waals surface area (Å²) in [5.74, 6) is -1.00. The zero-order valence-electron chi connectivity index (χ0n) is 14.5. The number of carboxylic acid groups (broad SMARTS) is 1. The average molecular weight is 389 g/mol. The van der Waals surface area contributed by atoms with Gasteiger partial charge in [0, 0.05) is 35.2 Å². The minimum Gasteiger partial charge on any atom is -0.480 e. The van der Waals surface area contributed by atoms with Gasteiger partial charge in [-0.15, -0.1) is 0 Å². The Hall–Kier alpha value is -1.50. The third-order valence-electron chi connectivity index (χ3n) is 3.85. The number of rotatable bonds is 3. The molecule has 0 aliphatic carbocycles. The lowest BCUT2D eigenvalue weighted by atomic mass is 10.1. The zero-order valence-corrected chi connectivity index (χ0v) is 16.0. The topological polar surface area (TPSA) is 70.1 Å². The minimum absolute atomic E-state index is 0.0479. The van der Waals surface area contributed by atoms with E-state index in [4.69, 9.17) is 27.9 Å². The summed E-state index contributed by atoms with van der Waals surface area (Å²) in [4.78, 5) is 27.1. The van der Waals surface area contributed by atoms with E-state index in [9.17, 15) is 14.7 Å². The molecule has 1 atom stereocenters. The summed E-state index contributed by atoms with van der Waals surface area (Å²) >= 11 is 12.4. The minimum atomic E-state index is -1.00. The molecule has 1 aliphatic rings. The van der Waals surface area contributed by atoms with Crippen molar-refractivity contribution in [2.24, 2.45) is 0 Å². The summed E-state index contributed by atoms with van der Waals surface area (Å²) < 4.78 is 5.33. The normalized spacial score (nSPS) is 18.9. The van der Waals surface area contributed by atoms with Crippen LogP contribution in [-0.4, -0.2) is 58.2 Å². The molecule has 1 saturated heterocycles. The van der Waals surface area contributed by atoms with Crippen LogP contribution in [0.4, 0.5) is 4.79 Å². The van der Waals surface area contributed by atoms with Crippen molar-refractivity contribution in [3.05, 3.63) is 33.8 Å². The van der Waals surface area contributed by atoms with Crippen LogP contribution in [0.25, 0.3) is 0 Å². The second-order valence-electron chi connectivity index (χ2n) is 6.95. The lowest BCUT2D eigenvalue weighted by molar-refractivity contribution is -0.145. The Morgan fingerprint density at radius 3 is 2.36 bits per heavy atom. The van der Waals surface area contributed by atoms with Crippen molar-refractivity contribution in [2.45, 2.75) is 39.0 Å². The first-order chi connectivity index (χ1) is 11.6. The first-order valence-corrected chi connectivity index (χ1v) is 8.72. The van der Waals surface area contributed by atoms with Crippen molar-refractivity contribution >= 4 is 35.3 Å². The molecule has 1 aromatic rings. The summed E-state index contributed by atoms with van der Waals surface area (Å²) in [6, 6.07) is 4.32. The Morgan fingerprint density at radius 1 is 1.24 bits per heavy atom. The Kier molecular flexibility index (Phi) is 6.19. The summed E-state index contributed by atoms with van der Waals surface area (Å²) in [5, 5.41) is 10.6. The SMILES string of the molecule is CC(C)(C)OC(=O)N1CCN(Cc2c(Cl)cccc2Cl)[C@@H](C(=O)O)C1. The number of aliphatic carboxylic acids is 1. The number of hydrogen-bond acceptors (Lipinski definition) is 4. The number of amides is 1. The van der Waals surface area contributed by atoms with Gasteiger partial charge in [-0.2, -0.15) is 0 Å². The number of carbonyl (C=O) groups is 2. The van der Waals surface area contributed by atoms with Crippen molar-refractivity contribution in [3.8, 4) is 0 Å². The highest BCUT2D eigenvalue weighted by atomic mass is 35.5. The maximum absolute atomic E-state index is 12.2. The molecular weight excluding hydrogens is 367 g/mol. The van der Waals surface area contributed by atoms with E-state index in [1.54, 1.807) is 43.9 Å². The van der Waals surface area contributed by atoms with Gasteiger partial charge in [-0.05, 0) is 32.9 Å². The highest BCUT2D eigenvalue weighted by Crippen LogP contribution is 2.27. The van der Waals surface area contributed by atoms with E-state index >= 15 is 0 Å². The smallest absolute Gasteiger partial charge is 0.410 e. The molecule has 2 rings (SSSR count). The van der Waals surface area contributed by atoms with Gasteiger partial charge in [-0.3, -0.25) is 9.69 Å². The maximum atomic E-state index is 12.2. The van der Waals surface area contributed by atoms with Gasteiger partial charge >= 0.3 is 12.1 Å². The van der Waals surface area contributed by atoms with Crippen LogP contribution < -0.4 is 0 Å². The highest BCUT2D eigenvalue weighted by Gasteiger charge is 2.36. The molecule has 0 aromatic heterocycles. The molecule has 0 spiro atoms. The van der Waals surface area contributed by atoms with Crippen molar-refractivity contribution in [1.82, 2.24) is 9.80 Å². The van der Waals surface area contributed by atoms with E-state index in [1.807, 2.05) is 0 Å². The molecule has 0 bridgehead atoms. The number of carbonyl (C=O) groups excluding carboxylic acids is 1. The molecule has 1 heterocycles. The van der Waals surface area contributed by atoms with Gasteiger partial charge in [0.25, 0.3) is 0 Å². The van der Waals surface area contributed by atoms with Gasteiger partial charge in [0.05, 0.1) is 6.54 Å². The summed E-state index contributed by atoms with van der Waals surface area (Å²) in [6.07, 6.45) is -0.505. The third-order valence-corrected chi connectivity index (χ3v) is 4.56. The molecular formula is C17H22Cl2N2O4. The molecule has 138 valence electrons. The Labute approximate surface area is 157 Å². The van der Waals surface area contributed by atoms with Crippen molar-refractivity contribution in [1.29, 1.82) is 0 Å². The van der Waals surface area contributed by atoms with Crippen LogP contribution in [0.2, 0.25) is 10.0 Å². The molecule has 1 fully saturated rings. The first-order valence-electron chi connectivity index (χ1n) is 7.96. The van der Waals surface area contributed by atoms with E-state index in [2.05, 4.69) is 0 Å². The second kappa shape index (κ2) is 7.81. The third kappa shape index (κ3) is 5.23. The maximum Gasteiger partial charge on any atom is 0.410 e. The monoisotopic (exact) mass is 388 g/mol. The number of ether oxygens (including phenoxy) is 1. The largest absolute Gasteiger partial charge is 0.480 e. The molecule has 1 aromatic carbocycles. The first kappa shape index (κ1) is 19.8. The van der Waals surface area contributed by atoms with Crippen LogP contribution in [0, 0.1) is 0 Å². The van der Waals surface area contributed by atoms with Crippen molar-refractivity contribution in [3.63, 3.8) is 0 Å². The van der Waals surface area contributed by atoms with Crippen LogP contribution in [0.5, 0.6) is 0 Å². The second-order valence-corrected chi connectivity index (χ2v) is 7.77. The van der Waals surface area contributed by atoms with Gasteiger partial charge in [0.1, 0.15) is 11.6 Å². The Bertz CT molecular complexity index is 640. The molecule has 6 nitrogen and oxygen atoms in total. The predicted molar refractivity (Wildman–Crippen MR) is 96.1 cm³/mol. The number of piperazine rings is 1. The molecule has 8 heteroatoms. The quantitative estimate of drug-likeness (QED) is 0.857. The number of benzene rings is 1. The van der Waals surface area contributed by atoms with Gasteiger partial charge in [-0.25, -0.2) is 4.79 Å². The van der Waals surface area contributed by atoms with Crippen molar-refractivity contribution in [2.75, 3.05) is 19.6 Å². The fraction of sp³-hybridized carbons (Fsp3) is 0.529. The van der Waals surface area contributed by atoms with Crippen LogP contribution in [-0.2, 0) is 16.1 Å². The standard InChI is InChI=1S/C17H22Cl2N2O4/c1-17(2,3)25-16(24)21-8-7-20(14(10-21)15(22)23)9-11-12(18)5-4-6-13(11)19/h4-6,14H,7-10H2,1-3H3,(H,22,23)/t14-/m1/s1. The molecule has 1 amide bonds. The summed E-state index contributed by atoms with van der Waals surface area (Å²) in [5.41, 5.74) is 0.0562.